The van der Waals surface area contributed by atoms with Crippen molar-refractivity contribution in [3.8, 4) is 0 Å². The van der Waals surface area contributed by atoms with Gasteiger partial charge in [0.2, 0.25) is 5.91 Å². The molecule has 164 valence electrons. The van der Waals surface area contributed by atoms with Gasteiger partial charge in [-0.1, -0.05) is 31.4 Å². The van der Waals surface area contributed by atoms with Crippen LogP contribution in [0.15, 0.2) is 42.5 Å². The molecule has 3 N–H and O–H groups in total. The molecule has 2 aromatic carbocycles. The van der Waals surface area contributed by atoms with Crippen LogP contribution in [0.2, 0.25) is 0 Å². The molecule has 0 unspecified atom stereocenters. The maximum absolute atomic E-state index is 13.6. The van der Waals surface area contributed by atoms with Gasteiger partial charge in [0, 0.05) is 35.8 Å². The largest absolute Gasteiger partial charge is 0.350 e. The van der Waals surface area contributed by atoms with Crippen molar-refractivity contribution in [1.29, 1.82) is 0 Å². The minimum Gasteiger partial charge on any atom is -0.350 e. The summed E-state index contributed by atoms with van der Waals surface area (Å²) in [6.07, 6.45) is 5.16. The van der Waals surface area contributed by atoms with Gasteiger partial charge in [0.1, 0.15) is 5.82 Å². The summed E-state index contributed by atoms with van der Waals surface area (Å²) < 4.78 is 13.6. The van der Waals surface area contributed by atoms with Gasteiger partial charge >= 0.3 is 0 Å². The van der Waals surface area contributed by atoms with E-state index in [2.05, 4.69) is 16.0 Å². The van der Waals surface area contributed by atoms with Crippen LogP contribution in [-0.2, 0) is 4.79 Å². The molecule has 0 saturated heterocycles. The van der Waals surface area contributed by atoms with Crippen molar-refractivity contribution >= 4 is 23.4 Å². The predicted octanol–water partition coefficient (Wildman–Crippen LogP) is 3.81. The van der Waals surface area contributed by atoms with Crippen LogP contribution < -0.4 is 16.0 Å². The van der Waals surface area contributed by atoms with Crippen LogP contribution in [-0.4, -0.2) is 30.8 Å². The van der Waals surface area contributed by atoms with Gasteiger partial charge in [0.05, 0.1) is 0 Å². The third kappa shape index (κ3) is 6.38. The fraction of sp³-hybridized carbons (Fsp3) is 0.375. The zero-order valence-corrected chi connectivity index (χ0v) is 17.7. The van der Waals surface area contributed by atoms with Gasteiger partial charge in [-0.3, -0.25) is 14.4 Å². The van der Waals surface area contributed by atoms with E-state index in [1.165, 1.54) is 12.5 Å². The molecule has 1 fully saturated rings. The molecular weight excluding hydrogens is 397 g/mol. The van der Waals surface area contributed by atoms with Gasteiger partial charge < -0.3 is 16.0 Å². The molecule has 0 aliphatic heterocycles. The SMILES string of the molecule is Cc1ccc(C(=O)NCCNC(=O)c2cccc(NC(=O)C3CCCCC3)c2)cc1F. The number of aryl methyl sites for hydroxylation is 1. The number of carbonyl (C=O) groups excluding carboxylic acids is 3. The molecule has 0 radical (unpaired) electrons. The molecule has 2 aromatic rings. The number of amides is 3. The molecule has 0 bridgehead atoms. The highest BCUT2D eigenvalue weighted by Gasteiger charge is 2.21. The molecule has 0 atom stereocenters. The molecule has 1 aliphatic carbocycles. The molecule has 1 saturated carbocycles. The van der Waals surface area contributed by atoms with Gasteiger partial charge in [0.15, 0.2) is 0 Å². The number of halogens is 1. The van der Waals surface area contributed by atoms with Crippen molar-refractivity contribution in [3.63, 3.8) is 0 Å². The van der Waals surface area contributed by atoms with Gasteiger partial charge in [-0.15, -0.1) is 0 Å². The van der Waals surface area contributed by atoms with Crippen LogP contribution in [0.3, 0.4) is 0 Å². The number of rotatable bonds is 7. The first-order valence-electron chi connectivity index (χ1n) is 10.7. The van der Waals surface area contributed by atoms with Gasteiger partial charge in [0.25, 0.3) is 11.8 Å². The minimum atomic E-state index is -0.434. The van der Waals surface area contributed by atoms with Crippen molar-refractivity contribution in [1.82, 2.24) is 10.6 Å². The molecular formula is C24H28FN3O3. The Labute approximate surface area is 181 Å². The maximum atomic E-state index is 13.6. The molecule has 7 heteroatoms. The Morgan fingerprint density at radius 1 is 0.903 bits per heavy atom. The lowest BCUT2D eigenvalue weighted by molar-refractivity contribution is -0.120. The summed E-state index contributed by atoms with van der Waals surface area (Å²) in [7, 11) is 0. The Kier molecular flexibility index (Phi) is 7.76. The third-order valence-electron chi connectivity index (χ3n) is 5.50. The van der Waals surface area contributed by atoms with E-state index in [1.54, 1.807) is 43.3 Å². The second-order valence-electron chi connectivity index (χ2n) is 7.88. The first-order chi connectivity index (χ1) is 14.9. The van der Waals surface area contributed by atoms with Gasteiger partial charge in [-0.05, 0) is 55.7 Å². The van der Waals surface area contributed by atoms with Crippen LogP contribution in [0.4, 0.5) is 10.1 Å². The first kappa shape index (κ1) is 22.5. The Balaban J connectivity index is 1.45. The Hall–Kier alpha value is -3.22. The van der Waals surface area contributed by atoms with E-state index in [-0.39, 0.29) is 36.4 Å². The van der Waals surface area contributed by atoms with E-state index in [4.69, 9.17) is 0 Å². The number of nitrogens with one attached hydrogen (secondary N) is 3. The topological polar surface area (TPSA) is 87.3 Å². The smallest absolute Gasteiger partial charge is 0.251 e. The van der Waals surface area contributed by atoms with E-state index in [1.807, 2.05) is 0 Å². The van der Waals surface area contributed by atoms with Crippen LogP contribution in [0.1, 0.15) is 58.4 Å². The molecule has 3 rings (SSSR count). The fourth-order valence-electron chi connectivity index (χ4n) is 3.64. The number of anilines is 1. The number of benzene rings is 2. The van der Waals surface area contributed by atoms with E-state index in [9.17, 15) is 18.8 Å². The highest BCUT2D eigenvalue weighted by Crippen LogP contribution is 2.25. The van der Waals surface area contributed by atoms with E-state index in [0.29, 0.717) is 16.8 Å². The normalized spacial score (nSPS) is 14.0. The Morgan fingerprint density at radius 2 is 1.55 bits per heavy atom. The summed E-state index contributed by atoms with van der Waals surface area (Å²) in [5, 5.41) is 8.29. The molecule has 0 heterocycles. The van der Waals surface area contributed by atoms with Crippen molar-refractivity contribution in [3.05, 3.63) is 65.0 Å². The molecule has 3 amide bonds. The molecule has 0 spiro atoms. The van der Waals surface area contributed by atoms with E-state index >= 15 is 0 Å². The van der Waals surface area contributed by atoms with E-state index in [0.717, 1.165) is 25.7 Å². The van der Waals surface area contributed by atoms with Crippen LogP contribution in [0, 0.1) is 18.7 Å². The lowest BCUT2D eigenvalue weighted by Crippen LogP contribution is -2.34. The monoisotopic (exact) mass is 425 g/mol. The Bertz CT molecular complexity index is 955. The Morgan fingerprint density at radius 3 is 2.19 bits per heavy atom. The summed E-state index contributed by atoms with van der Waals surface area (Å²) in [6.45, 7) is 2.05. The lowest BCUT2D eigenvalue weighted by Gasteiger charge is -2.20. The number of carbonyl (C=O) groups is 3. The highest BCUT2D eigenvalue weighted by molar-refractivity contribution is 5.98. The average Bonchev–Trinajstić information content (AvgIpc) is 2.79. The predicted molar refractivity (Wildman–Crippen MR) is 117 cm³/mol. The van der Waals surface area contributed by atoms with E-state index < -0.39 is 11.7 Å². The van der Waals surface area contributed by atoms with Crippen molar-refractivity contribution in [2.75, 3.05) is 18.4 Å². The molecule has 1 aliphatic rings. The quantitative estimate of drug-likeness (QED) is 0.590. The number of hydrogen-bond acceptors (Lipinski definition) is 3. The first-order valence-corrected chi connectivity index (χ1v) is 10.7. The van der Waals surface area contributed by atoms with Crippen LogP contribution in [0.25, 0.3) is 0 Å². The van der Waals surface area contributed by atoms with Gasteiger partial charge in [-0.25, -0.2) is 4.39 Å². The van der Waals surface area contributed by atoms with Crippen molar-refractivity contribution in [2.45, 2.75) is 39.0 Å². The average molecular weight is 426 g/mol. The zero-order chi connectivity index (χ0) is 22.2. The fourth-order valence-corrected chi connectivity index (χ4v) is 3.64. The van der Waals surface area contributed by atoms with Crippen LogP contribution in [0.5, 0.6) is 0 Å². The number of hydrogen-bond donors (Lipinski definition) is 3. The molecule has 0 aromatic heterocycles. The second-order valence-corrected chi connectivity index (χ2v) is 7.88. The molecule has 6 nitrogen and oxygen atoms in total. The molecule has 31 heavy (non-hydrogen) atoms. The van der Waals surface area contributed by atoms with Gasteiger partial charge in [-0.2, -0.15) is 0 Å². The minimum absolute atomic E-state index is 0.00696. The third-order valence-corrected chi connectivity index (χ3v) is 5.50. The summed E-state index contributed by atoms with van der Waals surface area (Å²) in [4.78, 5) is 36.9. The summed E-state index contributed by atoms with van der Waals surface area (Å²) in [5.74, 6) is -1.09. The summed E-state index contributed by atoms with van der Waals surface area (Å²) >= 11 is 0. The zero-order valence-electron chi connectivity index (χ0n) is 17.7. The standard InChI is InChI=1S/C24H28FN3O3/c1-16-10-11-19(15-21(16)25)23(30)27-13-12-26-22(29)18-8-5-9-20(14-18)28-24(31)17-6-3-2-4-7-17/h5,8-11,14-15,17H,2-4,6-7,12-13H2,1H3,(H,26,29)(H,27,30)(H,28,31). The highest BCUT2D eigenvalue weighted by atomic mass is 19.1. The maximum Gasteiger partial charge on any atom is 0.251 e. The summed E-state index contributed by atoms with van der Waals surface area (Å²) in [5.41, 5.74) is 1.73. The van der Waals surface area contributed by atoms with Crippen LogP contribution >= 0.6 is 0 Å². The lowest BCUT2D eigenvalue weighted by atomic mass is 9.88. The summed E-state index contributed by atoms with van der Waals surface area (Å²) in [6, 6.07) is 11.1. The van der Waals surface area contributed by atoms with Crippen molar-refractivity contribution in [2.24, 2.45) is 5.92 Å². The van der Waals surface area contributed by atoms with Crippen molar-refractivity contribution < 1.29 is 18.8 Å². The second kappa shape index (κ2) is 10.7.